The summed E-state index contributed by atoms with van der Waals surface area (Å²) < 4.78 is 27.5. The van der Waals surface area contributed by atoms with Crippen molar-refractivity contribution < 1.29 is 13.5 Å². The Morgan fingerprint density at radius 2 is 2.18 bits per heavy atom. The van der Waals surface area contributed by atoms with Crippen molar-refractivity contribution in [2.75, 3.05) is 0 Å². The second kappa shape index (κ2) is 6.64. The number of hydrogen-bond donors (Lipinski definition) is 1. The summed E-state index contributed by atoms with van der Waals surface area (Å²) in [5, 5.41) is 10.0. The molecule has 0 saturated heterocycles. The fraction of sp³-hybridized carbons (Fsp3) is 0.125. The van der Waals surface area contributed by atoms with E-state index in [-0.39, 0.29) is 11.5 Å². The van der Waals surface area contributed by atoms with Gasteiger partial charge in [-0.15, -0.1) is 0 Å². The molecular formula is C16H16BrNO3S. The monoisotopic (exact) mass is 381 g/mol. The second-order valence-electron chi connectivity index (χ2n) is 4.58. The highest BCUT2D eigenvalue weighted by molar-refractivity contribution is 9.10. The minimum Gasteiger partial charge on any atom is -0.392 e. The number of nitrogens with zero attached hydrogens (tertiary/aromatic N) is 1. The lowest BCUT2D eigenvalue weighted by Crippen LogP contribution is -2.13. The lowest BCUT2D eigenvalue weighted by molar-refractivity contribution is 0.281. The maximum Gasteiger partial charge on any atom is 0.268 e. The van der Waals surface area contributed by atoms with E-state index >= 15 is 0 Å². The first kappa shape index (κ1) is 16.7. The summed E-state index contributed by atoms with van der Waals surface area (Å²) in [7, 11) is -3.71. The van der Waals surface area contributed by atoms with E-state index in [9.17, 15) is 13.5 Å². The number of hydrogen-bond acceptors (Lipinski definition) is 3. The number of allylic oxidation sites excluding steroid dienone is 4. The number of aromatic nitrogens is 1. The van der Waals surface area contributed by atoms with Gasteiger partial charge < -0.3 is 5.11 Å². The quantitative estimate of drug-likeness (QED) is 0.802. The first-order valence-electron chi connectivity index (χ1n) is 6.57. The van der Waals surface area contributed by atoms with Crippen LogP contribution in [0.25, 0.3) is 10.9 Å². The van der Waals surface area contributed by atoms with E-state index in [1.807, 2.05) is 0 Å². The van der Waals surface area contributed by atoms with Gasteiger partial charge in [0.25, 0.3) is 10.0 Å². The predicted octanol–water partition coefficient (Wildman–Crippen LogP) is 3.72. The van der Waals surface area contributed by atoms with Crippen molar-refractivity contribution in [3.05, 3.63) is 70.2 Å². The zero-order valence-corrected chi connectivity index (χ0v) is 14.4. The van der Waals surface area contributed by atoms with Crippen LogP contribution in [0.2, 0.25) is 0 Å². The molecular weight excluding hydrogens is 366 g/mol. The van der Waals surface area contributed by atoms with Crippen LogP contribution in [0.15, 0.2) is 64.7 Å². The van der Waals surface area contributed by atoms with Crippen molar-refractivity contribution >= 4 is 36.9 Å². The summed E-state index contributed by atoms with van der Waals surface area (Å²) in [6, 6.07) is 5.16. The number of fused-ring (bicyclic) bond motifs is 1. The Hall–Kier alpha value is -1.63. The molecule has 0 aliphatic rings. The standard InChI is InChI=1S/C16H16BrNO3S/c1-3-5-14(6-4-2)22(20,21)18-8-7-12-9-13(11-19)15(17)10-16(12)18/h3-10,19H,1,11H2,2H3/b6-4-,14-5+. The molecule has 0 saturated carbocycles. The van der Waals surface area contributed by atoms with E-state index < -0.39 is 10.0 Å². The van der Waals surface area contributed by atoms with Crippen molar-refractivity contribution in [3.63, 3.8) is 0 Å². The summed E-state index contributed by atoms with van der Waals surface area (Å²) in [5.74, 6) is 0. The SMILES string of the molecule is C=C/C=C(\C=C/C)S(=O)(=O)n1ccc2cc(CO)c(Br)cc21. The Labute approximate surface area is 138 Å². The van der Waals surface area contributed by atoms with Crippen LogP contribution in [0.5, 0.6) is 0 Å². The smallest absolute Gasteiger partial charge is 0.268 e. The minimum absolute atomic E-state index is 0.116. The molecule has 0 bridgehead atoms. The topological polar surface area (TPSA) is 59.3 Å². The molecule has 1 aromatic heterocycles. The van der Waals surface area contributed by atoms with E-state index in [4.69, 9.17) is 0 Å². The average molecular weight is 382 g/mol. The van der Waals surface area contributed by atoms with Gasteiger partial charge in [-0.2, -0.15) is 0 Å². The molecule has 0 radical (unpaired) electrons. The summed E-state index contributed by atoms with van der Waals surface area (Å²) in [6.07, 6.45) is 7.60. The van der Waals surface area contributed by atoms with Gasteiger partial charge in [-0.25, -0.2) is 12.4 Å². The fourth-order valence-electron chi connectivity index (χ4n) is 2.13. The lowest BCUT2D eigenvalue weighted by Gasteiger charge is -2.09. The third-order valence-electron chi connectivity index (χ3n) is 3.16. The average Bonchev–Trinajstić information content (AvgIpc) is 2.89. The normalized spacial score (nSPS) is 13.1. The number of aliphatic hydroxyl groups is 1. The Kier molecular flexibility index (Phi) is 5.05. The van der Waals surface area contributed by atoms with Crippen LogP contribution in [0.1, 0.15) is 12.5 Å². The summed E-state index contributed by atoms with van der Waals surface area (Å²) in [4.78, 5) is 0.157. The van der Waals surface area contributed by atoms with Crippen LogP contribution in [0, 0.1) is 0 Å². The molecule has 0 unspecified atom stereocenters. The maximum absolute atomic E-state index is 12.8. The number of benzene rings is 1. The predicted molar refractivity (Wildman–Crippen MR) is 93.0 cm³/mol. The van der Waals surface area contributed by atoms with Gasteiger partial charge in [0, 0.05) is 16.1 Å². The molecule has 0 fully saturated rings. The molecule has 116 valence electrons. The first-order chi connectivity index (χ1) is 10.5. The van der Waals surface area contributed by atoms with Gasteiger partial charge in [-0.05, 0) is 42.8 Å². The Bertz CT molecular complexity index is 876. The number of aliphatic hydroxyl groups excluding tert-OH is 1. The molecule has 0 amide bonds. The van der Waals surface area contributed by atoms with Gasteiger partial charge in [0.1, 0.15) is 0 Å². The van der Waals surface area contributed by atoms with Crippen LogP contribution in [-0.2, 0) is 16.6 Å². The van der Waals surface area contributed by atoms with Crippen LogP contribution in [-0.4, -0.2) is 17.5 Å². The Morgan fingerprint density at radius 1 is 1.45 bits per heavy atom. The molecule has 1 heterocycles. The minimum atomic E-state index is -3.71. The van der Waals surface area contributed by atoms with Gasteiger partial charge >= 0.3 is 0 Å². The van der Waals surface area contributed by atoms with Crippen LogP contribution < -0.4 is 0 Å². The van der Waals surface area contributed by atoms with Gasteiger partial charge in [0.15, 0.2) is 0 Å². The van der Waals surface area contributed by atoms with Crippen LogP contribution in [0.3, 0.4) is 0 Å². The molecule has 0 aliphatic heterocycles. The van der Waals surface area contributed by atoms with Gasteiger partial charge in [0.05, 0.1) is 17.0 Å². The summed E-state index contributed by atoms with van der Waals surface area (Å²) >= 11 is 3.35. The van der Waals surface area contributed by atoms with E-state index in [0.29, 0.717) is 15.6 Å². The zero-order valence-electron chi connectivity index (χ0n) is 12.0. The lowest BCUT2D eigenvalue weighted by atomic mass is 10.2. The zero-order chi connectivity index (χ0) is 16.3. The molecule has 2 aromatic rings. The van der Waals surface area contributed by atoms with E-state index in [0.717, 1.165) is 5.39 Å². The van der Waals surface area contributed by atoms with E-state index in [2.05, 4.69) is 22.5 Å². The van der Waals surface area contributed by atoms with Crippen molar-refractivity contribution in [2.24, 2.45) is 0 Å². The fourth-order valence-corrected chi connectivity index (χ4v) is 4.03. The first-order valence-corrected chi connectivity index (χ1v) is 8.80. The molecule has 1 N–H and O–H groups in total. The summed E-state index contributed by atoms with van der Waals surface area (Å²) in [5.41, 5.74) is 1.25. The van der Waals surface area contributed by atoms with Gasteiger partial charge in [0.2, 0.25) is 0 Å². The molecule has 0 aliphatic carbocycles. The molecule has 1 aromatic carbocycles. The number of halogens is 1. The molecule has 0 atom stereocenters. The Balaban J connectivity index is 2.71. The Morgan fingerprint density at radius 3 is 2.77 bits per heavy atom. The highest BCUT2D eigenvalue weighted by atomic mass is 79.9. The molecule has 4 nitrogen and oxygen atoms in total. The molecule has 6 heteroatoms. The van der Waals surface area contributed by atoms with Crippen molar-refractivity contribution in [3.8, 4) is 0 Å². The van der Waals surface area contributed by atoms with E-state index in [1.54, 1.807) is 31.2 Å². The molecule has 22 heavy (non-hydrogen) atoms. The number of rotatable bonds is 5. The van der Waals surface area contributed by atoms with Crippen LogP contribution in [0.4, 0.5) is 0 Å². The van der Waals surface area contributed by atoms with Crippen molar-refractivity contribution in [2.45, 2.75) is 13.5 Å². The third-order valence-corrected chi connectivity index (χ3v) is 5.61. The van der Waals surface area contributed by atoms with Gasteiger partial charge in [-0.1, -0.05) is 34.7 Å². The maximum atomic E-state index is 12.8. The van der Waals surface area contributed by atoms with E-state index in [1.165, 1.54) is 28.4 Å². The van der Waals surface area contributed by atoms with Crippen molar-refractivity contribution in [1.29, 1.82) is 0 Å². The van der Waals surface area contributed by atoms with Crippen LogP contribution >= 0.6 is 15.9 Å². The third kappa shape index (κ3) is 2.95. The highest BCUT2D eigenvalue weighted by Gasteiger charge is 2.20. The second-order valence-corrected chi connectivity index (χ2v) is 7.25. The summed E-state index contributed by atoms with van der Waals surface area (Å²) in [6.45, 7) is 5.20. The van der Waals surface area contributed by atoms with Gasteiger partial charge in [-0.3, -0.25) is 0 Å². The molecule has 2 rings (SSSR count). The van der Waals surface area contributed by atoms with Crippen molar-refractivity contribution in [1.82, 2.24) is 3.97 Å². The molecule has 0 spiro atoms. The largest absolute Gasteiger partial charge is 0.392 e. The highest BCUT2D eigenvalue weighted by Crippen LogP contribution is 2.28.